The second-order valence-corrected chi connectivity index (χ2v) is 8.01. The Labute approximate surface area is 162 Å². The molecule has 0 amide bonds. The molecule has 0 radical (unpaired) electrons. The maximum absolute atomic E-state index is 13.3. The zero-order valence-corrected chi connectivity index (χ0v) is 16.5. The molecule has 0 aliphatic heterocycles. The van der Waals surface area contributed by atoms with E-state index in [9.17, 15) is 8.60 Å². The van der Waals surface area contributed by atoms with Gasteiger partial charge in [0.1, 0.15) is 10.8 Å². The first-order valence-corrected chi connectivity index (χ1v) is 9.96. The molecule has 1 atom stereocenters. The molecule has 27 heavy (non-hydrogen) atoms. The van der Waals surface area contributed by atoms with Crippen LogP contribution in [0.25, 0.3) is 10.6 Å². The summed E-state index contributed by atoms with van der Waals surface area (Å²) in [5.74, 6) is 1.26. The lowest BCUT2D eigenvalue weighted by molar-refractivity contribution is 0.324. The van der Waals surface area contributed by atoms with Crippen molar-refractivity contribution in [2.75, 3.05) is 21.3 Å². The number of methoxy groups -OCH3 is 3. The molecule has 0 spiro atoms. The van der Waals surface area contributed by atoms with Gasteiger partial charge in [0, 0.05) is 5.56 Å². The second-order valence-electron chi connectivity index (χ2n) is 5.41. The number of nitrogens with zero attached hydrogens (tertiary/aromatic N) is 2. The quantitative estimate of drug-likeness (QED) is 0.594. The van der Waals surface area contributed by atoms with E-state index < -0.39 is 10.8 Å². The largest absolute Gasteiger partial charge is 0.493 e. The van der Waals surface area contributed by atoms with Crippen molar-refractivity contribution >= 4 is 22.1 Å². The van der Waals surface area contributed by atoms with E-state index in [0.717, 1.165) is 0 Å². The summed E-state index contributed by atoms with van der Waals surface area (Å²) in [6.07, 6.45) is 0. The lowest BCUT2D eigenvalue weighted by Crippen LogP contribution is -1.96. The van der Waals surface area contributed by atoms with Gasteiger partial charge in [0.15, 0.2) is 11.5 Å². The third-order valence-corrected chi connectivity index (χ3v) is 6.34. The van der Waals surface area contributed by atoms with Gasteiger partial charge in [-0.05, 0) is 29.8 Å². The Morgan fingerprint density at radius 1 is 1.04 bits per heavy atom. The molecule has 2 aromatic carbocycles. The average molecular weight is 408 g/mol. The van der Waals surface area contributed by atoms with Crippen LogP contribution in [-0.4, -0.2) is 35.7 Å². The van der Waals surface area contributed by atoms with Crippen molar-refractivity contribution in [1.82, 2.24) is 10.2 Å². The van der Waals surface area contributed by atoms with Crippen LogP contribution in [-0.2, 0) is 16.6 Å². The first-order valence-electron chi connectivity index (χ1n) is 7.82. The average Bonchev–Trinajstić information content (AvgIpc) is 3.17. The summed E-state index contributed by atoms with van der Waals surface area (Å²) in [7, 11) is 3.16. The topological polar surface area (TPSA) is 70.5 Å². The molecule has 9 heteroatoms. The molecule has 3 aromatic rings. The zero-order valence-electron chi connectivity index (χ0n) is 14.9. The SMILES string of the molecule is COc1cc(-c2nnc(S(=O)Cc3cccc(F)c3)s2)cc(OC)c1OC. The third kappa shape index (κ3) is 4.25. The Kier molecular flexibility index (Phi) is 6.02. The molecule has 0 bridgehead atoms. The summed E-state index contributed by atoms with van der Waals surface area (Å²) in [6, 6.07) is 9.52. The summed E-state index contributed by atoms with van der Waals surface area (Å²) < 4.78 is 42.2. The van der Waals surface area contributed by atoms with E-state index in [1.165, 1.54) is 44.8 Å². The molecule has 0 fully saturated rings. The molecular formula is C18H17FN2O4S2. The lowest BCUT2D eigenvalue weighted by atomic mass is 10.2. The van der Waals surface area contributed by atoms with E-state index in [1.54, 1.807) is 24.3 Å². The Morgan fingerprint density at radius 3 is 2.33 bits per heavy atom. The van der Waals surface area contributed by atoms with Crippen molar-refractivity contribution in [1.29, 1.82) is 0 Å². The highest BCUT2D eigenvalue weighted by atomic mass is 32.2. The molecular weight excluding hydrogens is 391 g/mol. The van der Waals surface area contributed by atoms with Crippen LogP contribution in [0.1, 0.15) is 5.56 Å². The summed E-state index contributed by atoms with van der Waals surface area (Å²) >= 11 is 1.20. The molecule has 0 N–H and O–H groups in total. The van der Waals surface area contributed by atoms with E-state index in [4.69, 9.17) is 14.2 Å². The van der Waals surface area contributed by atoms with E-state index >= 15 is 0 Å². The van der Waals surface area contributed by atoms with Crippen LogP contribution in [0.4, 0.5) is 4.39 Å². The Hall–Kier alpha value is -2.52. The van der Waals surface area contributed by atoms with Gasteiger partial charge >= 0.3 is 0 Å². The number of hydrogen-bond donors (Lipinski definition) is 0. The van der Waals surface area contributed by atoms with E-state index in [2.05, 4.69) is 10.2 Å². The fourth-order valence-corrected chi connectivity index (χ4v) is 4.55. The van der Waals surface area contributed by atoms with Gasteiger partial charge in [-0.1, -0.05) is 23.5 Å². The predicted octanol–water partition coefficient (Wildman–Crippen LogP) is 3.68. The minimum Gasteiger partial charge on any atom is -0.493 e. The van der Waals surface area contributed by atoms with E-state index in [0.29, 0.717) is 37.7 Å². The lowest BCUT2D eigenvalue weighted by Gasteiger charge is -2.13. The maximum Gasteiger partial charge on any atom is 0.205 e. The monoisotopic (exact) mass is 408 g/mol. The van der Waals surface area contributed by atoms with E-state index in [1.807, 2.05) is 0 Å². The summed E-state index contributed by atoms with van der Waals surface area (Å²) in [4.78, 5) is 0. The van der Waals surface area contributed by atoms with Crippen LogP contribution in [0.5, 0.6) is 17.2 Å². The van der Waals surface area contributed by atoms with Gasteiger partial charge in [0.25, 0.3) is 0 Å². The standard InChI is InChI=1S/C18H17FN2O4S2/c1-23-14-8-12(9-15(24-2)16(14)25-3)17-20-21-18(26-17)27(22)10-11-5-4-6-13(19)7-11/h4-9H,10H2,1-3H3. The van der Waals surface area contributed by atoms with Gasteiger partial charge in [-0.3, -0.25) is 4.21 Å². The molecule has 0 aliphatic carbocycles. The fourth-order valence-electron chi connectivity index (χ4n) is 2.46. The first kappa shape index (κ1) is 19.2. The minimum absolute atomic E-state index is 0.168. The molecule has 0 saturated carbocycles. The van der Waals surface area contributed by atoms with Crippen LogP contribution in [0.15, 0.2) is 40.7 Å². The zero-order chi connectivity index (χ0) is 19.4. The number of aromatic nitrogens is 2. The van der Waals surface area contributed by atoms with Crippen LogP contribution in [0.3, 0.4) is 0 Å². The number of benzene rings is 2. The Morgan fingerprint density at radius 2 is 1.74 bits per heavy atom. The number of ether oxygens (including phenoxy) is 3. The normalized spacial score (nSPS) is 11.9. The predicted molar refractivity (Wildman–Crippen MR) is 102 cm³/mol. The molecule has 3 rings (SSSR count). The third-order valence-electron chi connectivity index (χ3n) is 3.70. The minimum atomic E-state index is -1.42. The molecule has 1 unspecified atom stereocenters. The van der Waals surface area contributed by atoms with Crippen molar-refractivity contribution in [2.45, 2.75) is 10.1 Å². The van der Waals surface area contributed by atoms with Gasteiger partial charge in [-0.2, -0.15) is 0 Å². The summed E-state index contributed by atoms with van der Waals surface area (Å²) in [5, 5.41) is 8.72. The molecule has 1 heterocycles. The Bertz CT molecular complexity index is 952. The van der Waals surface area contributed by atoms with Crippen molar-refractivity contribution in [3.8, 4) is 27.8 Å². The number of rotatable bonds is 7. The first-order chi connectivity index (χ1) is 13.0. The Balaban J connectivity index is 1.88. The molecule has 0 aliphatic rings. The van der Waals surface area contributed by atoms with Crippen molar-refractivity contribution in [3.63, 3.8) is 0 Å². The highest BCUT2D eigenvalue weighted by molar-refractivity contribution is 7.86. The highest BCUT2D eigenvalue weighted by Gasteiger charge is 2.18. The van der Waals surface area contributed by atoms with Crippen LogP contribution in [0.2, 0.25) is 0 Å². The molecule has 0 saturated heterocycles. The molecule has 6 nitrogen and oxygen atoms in total. The van der Waals surface area contributed by atoms with E-state index in [-0.39, 0.29) is 11.6 Å². The summed E-state index contributed by atoms with van der Waals surface area (Å²) in [5.41, 5.74) is 1.34. The summed E-state index contributed by atoms with van der Waals surface area (Å²) in [6.45, 7) is 0. The molecule has 1 aromatic heterocycles. The van der Waals surface area contributed by atoms with Gasteiger partial charge in [-0.25, -0.2) is 4.39 Å². The second kappa shape index (κ2) is 8.45. The van der Waals surface area contributed by atoms with Crippen LogP contribution in [0, 0.1) is 5.82 Å². The van der Waals surface area contributed by atoms with Crippen molar-refractivity contribution < 1.29 is 22.8 Å². The van der Waals surface area contributed by atoms with Crippen molar-refractivity contribution in [3.05, 3.63) is 47.8 Å². The van der Waals surface area contributed by atoms with Gasteiger partial charge in [0.2, 0.25) is 10.1 Å². The van der Waals surface area contributed by atoms with Gasteiger partial charge in [0.05, 0.1) is 37.9 Å². The smallest absolute Gasteiger partial charge is 0.205 e. The highest BCUT2D eigenvalue weighted by Crippen LogP contribution is 2.41. The van der Waals surface area contributed by atoms with Gasteiger partial charge in [-0.15, -0.1) is 10.2 Å². The van der Waals surface area contributed by atoms with Crippen LogP contribution >= 0.6 is 11.3 Å². The van der Waals surface area contributed by atoms with Gasteiger partial charge < -0.3 is 14.2 Å². The van der Waals surface area contributed by atoms with Crippen molar-refractivity contribution in [2.24, 2.45) is 0 Å². The molecule has 142 valence electrons. The fraction of sp³-hybridized carbons (Fsp3) is 0.222. The maximum atomic E-state index is 13.3. The van der Waals surface area contributed by atoms with Crippen LogP contribution < -0.4 is 14.2 Å². The number of hydrogen-bond acceptors (Lipinski definition) is 7. The number of halogens is 1.